The molecule has 0 aliphatic rings. The summed E-state index contributed by atoms with van der Waals surface area (Å²) in [6.07, 6.45) is 3.31. The number of halogens is 1. The molecular formula is C13H14BrN3OS. The maximum Gasteiger partial charge on any atom is 0.238 e. The van der Waals surface area contributed by atoms with E-state index >= 15 is 0 Å². The van der Waals surface area contributed by atoms with Gasteiger partial charge in [-0.15, -0.1) is 11.3 Å². The molecule has 0 saturated carbocycles. The summed E-state index contributed by atoms with van der Waals surface area (Å²) in [5, 5.41) is 4.88. The molecule has 0 fully saturated rings. The van der Waals surface area contributed by atoms with Gasteiger partial charge in [0.1, 0.15) is 0 Å². The fourth-order valence-corrected chi connectivity index (χ4v) is 3.17. The third-order valence-electron chi connectivity index (χ3n) is 2.43. The molecule has 4 nitrogen and oxygen atoms in total. The van der Waals surface area contributed by atoms with Crippen LogP contribution in [0.5, 0.6) is 0 Å². The first kappa shape index (κ1) is 14.2. The Hall–Kier alpha value is -1.24. The van der Waals surface area contributed by atoms with Crippen LogP contribution in [0.15, 0.2) is 40.4 Å². The van der Waals surface area contributed by atoms with Gasteiger partial charge in [-0.1, -0.05) is 0 Å². The maximum atomic E-state index is 11.8. The van der Waals surface area contributed by atoms with Gasteiger partial charge in [0.05, 0.1) is 6.54 Å². The van der Waals surface area contributed by atoms with E-state index in [1.165, 1.54) is 4.88 Å². The maximum absolute atomic E-state index is 11.8. The van der Waals surface area contributed by atoms with Crippen LogP contribution in [-0.4, -0.2) is 29.4 Å². The minimum absolute atomic E-state index is 0.0238. The molecule has 100 valence electrons. The lowest BCUT2D eigenvalue weighted by molar-refractivity contribution is -0.117. The van der Waals surface area contributed by atoms with Gasteiger partial charge in [-0.25, -0.2) is 0 Å². The van der Waals surface area contributed by atoms with Crippen molar-refractivity contribution < 1.29 is 4.79 Å². The number of amides is 1. The molecule has 0 atom stereocenters. The van der Waals surface area contributed by atoms with Crippen LogP contribution in [0.2, 0.25) is 0 Å². The van der Waals surface area contributed by atoms with Gasteiger partial charge in [-0.3, -0.25) is 14.7 Å². The highest BCUT2D eigenvalue weighted by atomic mass is 79.9. The second kappa shape index (κ2) is 6.79. The minimum Gasteiger partial charge on any atom is -0.325 e. The molecule has 1 N–H and O–H groups in total. The summed E-state index contributed by atoms with van der Waals surface area (Å²) >= 11 is 5.10. The number of pyridine rings is 1. The van der Waals surface area contributed by atoms with E-state index in [-0.39, 0.29) is 5.91 Å². The van der Waals surface area contributed by atoms with E-state index in [1.54, 1.807) is 35.9 Å². The molecule has 0 bridgehead atoms. The number of hydrogen-bond acceptors (Lipinski definition) is 4. The first-order chi connectivity index (χ1) is 9.13. The van der Waals surface area contributed by atoms with Crippen LogP contribution >= 0.6 is 27.3 Å². The number of anilines is 1. The van der Waals surface area contributed by atoms with Gasteiger partial charge in [0.25, 0.3) is 0 Å². The third kappa shape index (κ3) is 4.74. The van der Waals surface area contributed by atoms with Crippen LogP contribution < -0.4 is 5.32 Å². The van der Waals surface area contributed by atoms with E-state index in [2.05, 4.69) is 32.3 Å². The molecule has 2 rings (SSSR count). The lowest BCUT2D eigenvalue weighted by Crippen LogP contribution is -2.29. The second-order valence-corrected chi connectivity index (χ2v) is 6.10. The van der Waals surface area contributed by atoms with Crippen molar-refractivity contribution in [3.63, 3.8) is 0 Å². The second-order valence-electron chi connectivity index (χ2n) is 4.19. The molecule has 0 unspecified atom stereocenters. The zero-order valence-electron chi connectivity index (χ0n) is 10.5. The van der Waals surface area contributed by atoms with E-state index < -0.39 is 0 Å². The number of hydrogen-bond donors (Lipinski definition) is 1. The predicted molar refractivity (Wildman–Crippen MR) is 81.2 cm³/mol. The van der Waals surface area contributed by atoms with Crippen molar-refractivity contribution in [1.82, 2.24) is 9.88 Å². The molecule has 2 heterocycles. The Bertz CT molecular complexity index is 544. The third-order valence-corrected chi connectivity index (χ3v) is 4.11. The fourth-order valence-electron chi connectivity index (χ4n) is 1.64. The van der Waals surface area contributed by atoms with Crippen LogP contribution in [0.1, 0.15) is 4.88 Å². The molecule has 0 aliphatic carbocycles. The Morgan fingerprint density at radius 2 is 2.21 bits per heavy atom. The normalized spacial score (nSPS) is 10.7. The smallest absolute Gasteiger partial charge is 0.238 e. The monoisotopic (exact) mass is 339 g/mol. The average Bonchev–Trinajstić information content (AvgIpc) is 2.75. The van der Waals surface area contributed by atoms with E-state index in [9.17, 15) is 4.79 Å². The number of carbonyl (C=O) groups excluding carboxylic acids is 1. The molecule has 19 heavy (non-hydrogen) atoms. The Balaban J connectivity index is 1.82. The van der Waals surface area contributed by atoms with E-state index in [0.717, 1.165) is 16.7 Å². The minimum atomic E-state index is -0.0238. The number of rotatable bonds is 5. The summed E-state index contributed by atoms with van der Waals surface area (Å²) in [7, 11) is 1.93. The average molecular weight is 340 g/mol. The number of nitrogens with one attached hydrogen (secondary N) is 1. The van der Waals surface area contributed by atoms with Crippen molar-refractivity contribution in [1.29, 1.82) is 0 Å². The SMILES string of the molecule is CN(CC(=O)Nc1ccncc1)Cc1cc(Br)cs1. The lowest BCUT2D eigenvalue weighted by Gasteiger charge is -2.15. The summed E-state index contributed by atoms with van der Waals surface area (Å²) < 4.78 is 1.09. The van der Waals surface area contributed by atoms with Crippen molar-refractivity contribution >= 4 is 38.9 Å². The van der Waals surface area contributed by atoms with Crippen molar-refractivity contribution in [2.24, 2.45) is 0 Å². The number of likely N-dealkylation sites (N-methyl/N-ethyl adjacent to an activating group) is 1. The Morgan fingerprint density at radius 3 is 2.84 bits per heavy atom. The molecule has 0 saturated heterocycles. The molecule has 0 aromatic carbocycles. The van der Waals surface area contributed by atoms with Gasteiger partial charge in [0.15, 0.2) is 0 Å². The summed E-state index contributed by atoms with van der Waals surface area (Å²) in [5.41, 5.74) is 0.771. The summed E-state index contributed by atoms with van der Waals surface area (Å²) in [6, 6.07) is 5.62. The summed E-state index contributed by atoms with van der Waals surface area (Å²) in [5.74, 6) is -0.0238. The van der Waals surface area contributed by atoms with Crippen LogP contribution in [0, 0.1) is 0 Å². The lowest BCUT2D eigenvalue weighted by atomic mass is 10.4. The molecule has 0 radical (unpaired) electrons. The van der Waals surface area contributed by atoms with Gasteiger partial charge in [-0.05, 0) is 41.2 Å². The number of aromatic nitrogens is 1. The van der Waals surface area contributed by atoms with Gasteiger partial charge in [-0.2, -0.15) is 0 Å². The topological polar surface area (TPSA) is 45.2 Å². The van der Waals surface area contributed by atoms with Crippen LogP contribution in [0.25, 0.3) is 0 Å². The van der Waals surface area contributed by atoms with E-state index in [0.29, 0.717) is 6.54 Å². The van der Waals surface area contributed by atoms with Gasteiger partial charge >= 0.3 is 0 Å². The van der Waals surface area contributed by atoms with Crippen molar-refractivity contribution in [3.8, 4) is 0 Å². The van der Waals surface area contributed by atoms with Crippen LogP contribution in [0.4, 0.5) is 5.69 Å². The first-order valence-electron chi connectivity index (χ1n) is 5.75. The summed E-state index contributed by atoms with van der Waals surface area (Å²) in [6.45, 7) is 1.12. The summed E-state index contributed by atoms with van der Waals surface area (Å²) in [4.78, 5) is 19.0. The number of carbonyl (C=O) groups is 1. The number of nitrogens with zero attached hydrogens (tertiary/aromatic N) is 2. The van der Waals surface area contributed by atoms with Crippen LogP contribution in [-0.2, 0) is 11.3 Å². The van der Waals surface area contributed by atoms with E-state index in [4.69, 9.17) is 0 Å². The van der Waals surface area contributed by atoms with Crippen molar-refractivity contribution in [2.45, 2.75) is 6.54 Å². The Kier molecular flexibility index (Phi) is 5.07. The molecule has 1 amide bonds. The van der Waals surface area contributed by atoms with Gasteiger partial charge in [0.2, 0.25) is 5.91 Å². The Morgan fingerprint density at radius 1 is 1.47 bits per heavy atom. The molecule has 6 heteroatoms. The largest absolute Gasteiger partial charge is 0.325 e. The van der Waals surface area contributed by atoms with Gasteiger partial charge in [0, 0.05) is 39.4 Å². The molecular weight excluding hydrogens is 326 g/mol. The van der Waals surface area contributed by atoms with Crippen LogP contribution in [0.3, 0.4) is 0 Å². The van der Waals surface area contributed by atoms with Crippen molar-refractivity contribution in [2.75, 3.05) is 18.9 Å². The zero-order valence-corrected chi connectivity index (χ0v) is 12.9. The predicted octanol–water partition coefficient (Wildman–Crippen LogP) is 2.98. The highest BCUT2D eigenvalue weighted by Crippen LogP contribution is 2.20. The first-order valence-corrected chi connectivity index (χ1v) is 7.42. The Labute approximate surface area is 124 Å². The molecule has 2 aromatic heterocycles. The van der Waals surface area contributed by atoms with E-state index in [1.807, 2.05) is 17.3 Å². The fraction of sp³-hybridized carbons (Fsp3) is 0.231. The molecule has 2 aromatic rings. The number of thiophene rings is 1. The highest BCUT2D eigenvalue weighted by Gasteiger charge is 2.08. The zero-order chi connectivity index (χ0) is 13.7. The highest BCUT2D eigenvalue weighted by molar-refractivity contribution is 9.10. The quantitative estimate of drug-likeness (QED) is 0.910. The van der Waals surface area contributed by atoms with Crippen molar-refractivity contribution in [3.05, 3.63) is 45.3 Å². The molecule has 0 aliphatic heterocycles. The standard InChI is InChI=1S/C13H14BrN3OS/c1-17(7-12-6-10(14)9-19-12)8-13(18)16-11-2-4-15-5-3-11/h2-6,9H,7-8H2,1H3,(H,15,16,18). The van der Waals surface area contributed by atoms with Gasteiger partial charge < -0.3 is 5.32 Å². The molecule has 0 spiro atoms.